The Morgan fingerprint density at radius 2 is 2.05 bits per heavy atom. The van der Waals surface area contributed by atoms with E-state index in [1.54, 1.807) is 11.2 Å². The van der Waals surface area contributed by atoms with Crippen molar-refractivity contribution >= 4 is 21.4 Å². The van der Waals surface area contributed by atoms with Gasteiger partial charge >= 0.3 is 4.87 Å². The van der Waals surface area contributed by atoms with Gasteiger partial charge < -0.3 is 10.3 Å². The molecule has 1 aromatic heterocycles. The average Bonchev–Trinajstić information content (AvgIpc) is 2.79. The van der Waals surface area contributed by atoms with E-state index in [-0.39, 0.29) is 14.5 Å². The van der Waals surface area contributed by atoms with Crippen LogP contribution in [0, 0.1) is 12.3 Å². The molecular weight excluding hydrogens is 310 g/mol. The first-order valence-electron chi connectivity index (χ1n) is 7.34. The lowest BCUT2D eigenvalue weighted by Gasteiger charge is -2.44. The monoisotopic (exact) mass is 331 g/mol. The summed E-state index contributed by atoms with van der Waals surface area (Å²) in [5.41, 5.74) is 0.519. The molecule has 1 unspecified atom stereocenters. The molecule has 0 amide bonds. The summed E-state index contributed by atoms with van der Waals surface area (Å²) in [7, 11) is -3.55. The number of rotatable bonds is 2. The number of hydrogen-bond donors (Lipinski definition) is 2. The summed E-state index contributed by atoms with van der Waals surface area (Å²) >= 11 is 0.794. The number of H-pyrrole nitrogens is 1. The molecule has 1 spiro atoms. The van der Waals surface area contributed by atoms with Gasteiger partial charge in [-0.25, -0.2) is 8.42 Å². The summed E-state index contributed by atoms with van der Waals surface area (Å²) in [6.07, 6.45) is 4.15. The van der Waals surface area contributed by atoms with Crippen LogP contribution in [-0.2, 0) is 10.0 Å². The van der Waals surface area contributed by atoms with E-state index in [0.29, 0.717) is 18.8 Å². The first kappa shape index (κ1) is 15.2. The number of thiazole rings is 1. The molecule has 2 N–H and O–H groups in total. The smallest absolute Gasteiger partial charge is 0.305 e. The lowest BCUT2D eigenvalue weighted by Crippen LogP contribution is -2.52. The fraction of sp³-hybridized carbons (Fsp3) is 0.769. The molecule has 3 heterocycles. The Morgan fingerprint density at radius 3 is 2.67 bits per heavy atom. The van der Waals surface area contributed by atoms with Gasteiger partial charge in [-0.15, -0.1) is 0 Å². The highest BCUT2D eigenvalue weighted by molar-refractivity contribution is 7.91. The Labute approximate surface area is 128 Å². The predicted molar refractivity (Wildman–Crippen MR) is 82.2 cm³/mol. The van der Waals surface area contributed by atoms with Crippen molar-refractivity contribution in [3.63, 3.8) is 0 Å². The minimum atomic E-state index is -3.55. The average molecular weight is 331 g/mol. The highest BCUT2D eigenvalue weighted by atomic mass is 32.2. The van der Waals surface area contributed by atoms with Gasteiger partial charge in [-0.1, -0.05) is 11.3 Å². The fourth-order valence-corrected chi connectivity index (χ4v) is 6.53. The van der Waals surface area contributed by atoms with Crippen molar-refractivity contribution in [3.8, 4) is 0 Å². The second kappa shape index (κ2) is 5.49. The lowest BCUT2D eigenvalue weighted by atomic mass is 9.75. The number of piperidine rings is 2. The molecule has 0 radical (unpaired) electrons. The quantitative estimate of drug-likeness (QED) is 0.843. The number of aryl methyl sites for hydroxylation is 1. The zero-order valence-corrected chi connectivity index (χ0v) is 13.8. The van der Waals surface area contributed by atoms with E-state index in [0.717, 1.165) is 50.1 Å². The van der Waals surface area contributed by atoms with Crippen molar-refractivity contribution in [2.45, 2.75) is 36.8 Å². The van der Waals surface area contributed by atoms with Crippen molar-refractivity contribution in [1.82, 2.24) is 14.6 Å². The SMILES string of the molecule is Cc1[nH]c(=O)sc1S(=O)(=O)N1CCCC2(CCCNC2)C1. The van der Waals surface area contributed by atoms with Crippen LogP contribution in [0.2, 0.25) is 0 Å². The molecule has 2 fully saturated rings. The molecule has 1 atom stereocenters. The van der Waals surface area contributed by atoms with Gasteiger partial charge in [-0.2, -0.15) is 4.31 Å². The zero-order valence-electron chi connectivity index (χ0n) is 12.1. The molecule has 3 rings (SSSR count). The number of aromatic nitrogens is 1. The van der Waals surface area contributed by atoms with E-state index in [4.69, 9.17) is 0 Å². The summed E-state index contributed by atoms with van der Waals surface area (Å²) in [6, 6.07) is 0. The van der Waals surface area contributed by atoms with Crippen molar-refractivity contribution in [1.29, 1.82) is 0 Å². The molecule has 6 nitrogen and oxygen atoms in total. The van der Waals surface area contributed by atoms with Crippen LogP contribution in [0.1, 0.15) is 31.4 Å². The molecule has 2 saturated heterocycles. The molecule has 118 valence electrons. The molecule has 0 aromatic carbocycles. The van der Waals surface area contributed by atoms with Gasteiger partial charge in [0.05, 0.1) is 0 Å². The Bertz CT molecular complexity index is 666. The Morgan fingerprint density at radius 1 is 1.29 bits per heavy atom. The van der Waals surface area contributed by atoms with Gasteiger partial charge in [-0.3, -0.25) is 4.79 Å². The summed E-state index contributed by atoms with van der Waals surface area (Å²) in [4.78, 5) is 13.7. The normalized spacial score (nSPS) is 28.0. The second-order valence-corrected chi connectivity index (χ2v) is 9.27. The van der Waals surface area contributed by atoms with Crippen molar-refractivity contribution in [3.05, 3.63) is 15.4 Å². The van der Waals surface area contributed by atoms with E-state index in [1.165, 1.54) is 0 Å². The van der Waals surface area contributed by atoms with Crippen LogP contribution < -0.4 is 10.2 Å². The highest BCUT2D eigenvalue weighted by Crippen LogP contribution is 2.38. The van der Waals surface area contributed by atoms with E-state index < -0.39 is 10.0 Å². The minimum Gasteiger partial charge on any atom is -0.316 e. The second-order valence-electron chi connectivity index (χ2n) is 6.15. The molecule has 0 saturated carbocycles. The molecule has 2 aliphatic rings. The van der Waals surface area contributed by atoms with E-state index in [1.807, 2.05) is 0 Å². The summed E-state index contributed by atoms with van der Waals surface area (Å²) in [5, 5.41) is 3.40. The van der Waals surface area contributed by atoms with Crippen LogP contribution in [0.3, 0.4) is 0 Å². The van der Waals surface area contributed by atoms with Gasteiger partial charge in [-0.05, 0) is 44.6 Å². The molecule has 21 heavy (non-hydrogen) atoms. The van der Waals surface area contributed by atoms with Crippen LogP contribution in [0.5, 0.6) is 0 Å². The van der Waals surface area contributed by atoms with Crippen molar-refractivity contribution in [2.24, 2.45) is 5.41 Å². The maximum atomic E-state index is 12.8. The molecule has 8 heteroatoms. The predicted octanol–water partition coefficient (Wildman–Crippen LogP) is 0.899. The third kappa shape index (κ3) is 2.81. The number of sulfonamides is 1. The van der Waals surface area contributed by atoms with Crippen molar-refractivity contribution in [2.75, 3.05) is 26.2 Å². The van der Waals surface area contributed by atoms with Crippen LogP contribution in [0.25, 0.3) is 0 Å². The van der Waals surface area contributed by atoms with Gasteiger partial charge in [0.15, 0.2) is 4.21 Å². The third-order valence-corrected chi connectivity index (χ3v) is 7.97. The van der Waals surface area contributed by atoms with Crippen molar-refractivity contribution < 1.29 is 8.42 Å². The zero-order chi connectivity index (χ0) is 15.1. The first-order valence-corrected chi connectivity index (χ1v) is 9.59. The molecule has 0 aliphatic carbocycles. The van der Waals surface area contributed by atoms with E-state index >= 15 is 0 Å². The Hall–Kier alpha value is -0.700. The fourth-order valence-electron chi connectivity index (χ4n) is 3.50. The van der Waals surface area contributed by atoms with Gasteiger partial charge in [0.1, 0.15) is 0 Å². The standard InChI is InChI=1S/C13H21N3O3S2/c1-10-11(20-12(17)15-10)21(18,19)16-7-3-5-13(9-16)4-2-6-14-8-13/h14H,2-9H2,1H3,(H,15,17). The number of aromatic amines is 1. The number of hydrogen-bond acceptors (Lipinski definition) is 5. The summed E-state index contributed by atoms with van der Waals surface area (Å²) in [5.74, 6) is 0. The molecule has 0 bridgehead atoms. The number of nitrogens with one attached hydrogen (secondary N) is 2. The maximum absolute atomic E-state index is 12.8. The minimum absolute atomic E-state index is 0.0682. The van der Waals surface area contributed by atoms with Gasteiger partial charge in [0.2, 0.25) is 0 Å². The first-order chi connectivity index (χ1) is 9.93. The highest BCUT2D eigenvalue weighted by Gasteiger charge is 2.41. The molecule has 1 aromatic rings. The van der Waals surface area contributed by atoms with Crippen LogP contribution in [-0.4, -0.2) is 43.9 Å². The van der Waals surface area contributed by atoms with Crippen LogP contribution >= 0.6 is 11.3 Å². The maximum Gasteiger partial charge on any atom is 0.305 e. The topological polar surface area (TPSA) is 82.3 Å². The third-order valence-electron chi connectivity index (χ3n) is 4.54. The number of nitrogens with zero attached hydrogens (tertiary/aromatic N) is 1. The molecular formula is C13H21N3O3S2. The summed E-state index contributed by atoms with van der Waals surface area (Å²) in [6.45, 7) is 4.67. The summed E-state index contributed by atoms with van der Waals surface area (Å²) < 4.78 is 27.4. The Balaban J connectivity index is 1.88. The Kier molecular flexibility index (Phi) is 3.98. The van der Waals surface area contributed by atoms with Gasteiger partial charge in [0, 0.05) is 25.3 Å². The molecule has 2 aliphatic heterocycles. The largest absolute Gasteiger partial charge is 0.316 e. The van der Waals surface area contributed by atoms with E-state index in [9.17, 15) is 13.2 Å². The van der Waals surface area contributed by atoms with Gasteiger partial charge in [0.25, 0.3) is 10.0 Å². The lowest BCUT2D eigenvalue weighted by molar-refractivity contribution is 0.110. The van der Waals surface area contributed by atoms with Crippen LogP contribution in [0.4, 0.5) is 0 Å². The van der Waals surface area contributed by atoms with E-state index in [2.05, 4.69) is 10.3 Å². The van der Waals surface area contributed by atoms with Crippen LogP contribution in [0.15, 0.2) is 9.00 Å².